The van der Waals surface area contributed by atoms with Gasteiger partial charge in [0, 0.05) is 25.5 Å². The first kappa shape index (κ1) is 20.1. The van der Waals surface area contributed by atoms with Gasteiger partial charge in [0.05, 0.1) is 10.8 Å². The van der Waals surface area contributed by atoms with Crippen molar-refractivity contribution < 1.29 is 9.18 Å². The minimum Gasteiger partial charge on any atom is -0.370 e. The number of halogens is 1. The van der Waals surface area contributed by atoms with Crippen LogP contribution in [0.1, 0.15) is 19.4 Å². The van der Waals surface area contributed by atoms with Crippen LogP contribution in [0.15, 0.2) is 53.7 Å². The molecule has 1 N–H and O–H groups in total. The first-order valence-electron chi connectivity index (χ1n) is 9.14. The summed E-state index contributed by atoms with van der Waals surface area (Å²) >= 11 is 1.32. The van der Waals surface area contributed by atoms with Crippen LogP contribution >= 0.6 is 11.8 Å². The lowest BCUT2D eigenvalue weighted by molar-refractivity contribution is -0.129. The van der Waals surface area contributed by atoms with Gasteiger partial charge in [-0.2, -0.15) is 0 Å². The molecule has 0 bridgehead atoms. The molecule has 0 fully saturated rings. The maximum absolute atomic E-state index is 13.4. The molecule has 0 aliphatic rings. The molecule has 0 spiro atoms. The lowest BCUT2D eigenvalue weighted by Gasteiger charge is -2.21. The molecule has 1 heterocycles. The van der Waals surface area contributed by atoms with Crippen LogP contribution in [0, 0.1) is 5.82 Å². The number of carbonyl (C=O) groups excluding carboxylic acids is 1. The highest BCUT2D eigenvalue weighted by molar-refractivity contribution is 8.00. The summed E-state index contributed by atoms with van der Waals surface area (Å²) in [6.45, 7) is 4.94. The number of hydrogen-bond acceptors (Lipinski definition) is 5. The molecular formula is C21H23FN4OS. The summed E-state index contributed by atoms with van der Waals surface area (Å²) in [6, 6.07) is 14.1. The summed E-state index contributed by atoms with van der Waals surface area (Å²) in [6.07, 6.45) is 0. The lowest BCUT2D eigenvalue weighted by atomic mass is 10.2. The Bertz CT molecular complexity index is 982. The van der Waals surface area contributed by atoms with Crippen LogP contribution in [0.2, 0.25) is 0 Å². The molecule has 28 heavy (non-hydrogen) atoms. The van der Waals surface area contributed by atoms with E-state index in [4.69, 9.17) is 0 Å². The molecule has 0 saturated carbocycles. The normalized spacial score (nSPS) is 12.0. The summed E-state index contributed by atoms with van der Waals surface area (Å²) in [4.78, 5) is 23.5. The molecule has 1 atom stereocenters. The third-order valence-corrected chi connectivity index (χ3v) is 5.19. The largest absolute Gasteiger partial charge is 0.370 e. The van der Waals surface area contributed by atoms with Crippen molar-refractivity contribution in [3.8, 4) is 0 Å². The van der Waals surface area contributed by atoms with E-state index in [2.05, 4.69) is 15.3 Å². The highest BCUT2D eigenvalue weighted by Crippen LogP contribution is 2.27. The van der Waals surface area contributed by atoms with Crippen LogP contribution < -0.4 is 5.32 Å². The topological polar surface area (TPSA) is 58.1 Å². The number of amides is 1. The summed E-state index contributed by atoms with van der Waals surface area (Å²) < 4.78 is 13.4. The number of anilines is 1. The van der Waals surface area contributed by atoms with Gasteiger partial charge in [-0.25, -0.2) is 14.4 Å². The van der Waals surface area contributed by atoms with Gasteiger partial charge in [-0.15, -0.1) is 0 Å². The van der Waals surface area contributed by atoms with Gasteiger partial charge in [-0.3, -0.25) is 4.79 Å². The van der Waals surface area contributed by atoms with E-state index in [1.54, 1.807) is 24.1 Å². The molecule has 1 aromatic heterocycles. The van der Waals surface area contributed by atoms with E-state index < -0.39 is 0 Å². The highest BCUT2D eigenvalue weighted by Gasteiger charge is 2.21. The van der Waals surface area contributed by atoms with Crippen molar-refractivity contribution in [2.75, 3.05) is 18.9 Å². The quantitative estimate of drug-likeness (QED) is 0.474. The molecule has 5 nitrogen and oxygen atoms in total. The zero-order valence-corrected chi connectivity index (χ0v) is 17.0. The summed E-state index contributed by atoms with van der Waals surface area (Å²) in [5, 5.41) is 4.40. The Morgan fingerprint density at radius 2 is 2.00 bits per heavy atom. The van der Waals surface area contributed by atoms with Crippen molar-refractivity contribution in [1.29, 1.82) is 0 Å². The summed E-state index contributed by atoms with van der Waals surface area (Å²) in [5.74, 6) is 0.403. The molecule has 2 aromatic carbocycles. The Hall–Kier alpha value is -2.67. The van der Waals surface area contributed by atoms with E-state index in [9.17, 15) is 9.18 Å². The van der Waals surface area contributed by atoms with E-state index in [1.165, 1.54) is 23.9 Å². The van der Waals surface area contributed by atoms with Gasteiger partial charge in [-0.1, -0.05) is 36.0 Å². The molecule has 146 valence electrons. The second kappa shape index (κ2) is 9.01. The average Bonchev–Trinajstić information content (AvgIpc) is 2.67. The number of hydrogen-bond donors (Lipinski definition) is 1. The molecule has 3 aromatic rings. The molecular weight excluding hydrogens is 375 g/mol. The third-order valence-electron chi connectivity index (χ3n) is 4.24. The Kier molecular flexibility index (Phi) is 6.46. The molecule has 7 heteroatoms. The minimum atomic E-state index is -0.366. The van der Waals surface area contributed by atoms with Crippen molar-refractivity contribution in [1.82, 2.24) is 14.9 Å². The zero-order valence-electron chi connectivity index (χ0n) is 16.1. The van der Waals surface area contributed by atoms with Crippen LogP contribution in [-0.4, -0.2) is 39.6 Å². The molecule has 1 amide bonds. The van der Waals surface area contributed by atoms with Gasteiger partial charge in [0.2, 0.25) is 5.91 Å². The van der Waals surface area contributed by atoms with Crippen molar-refractivity contribution in [3.63, 3.8) is 0 Å². The minimum absolute atomic E-state index is 0.0592. The number of benzene rings is 2. The number of fused-ring (bicyclic) bond motifs is 1. The number of nitrogens with one attached hydrogen (secondary N) is 1. The van der Waals surface area contributed by atoms with Gasteiger partial charge in [0.1, 0.15) is 11.6 Å². The third kappa shape index (κ3) is 4.78. The van der Waals surface area contributed by atoms with Gasteiger partial charge < -0.3 is 10.2 Å². The first-order valence-corrected chi connectivity index (χ1v) is 10.0. The number of nitrogens with zero attached hydrogens (tertiary/aromatic N) is 3. The fourth-order valence-corrected chi connectivity index (χ4v) is 3.81. The number of aromatic nitrogens is 2. The van der Waals surface area contributed by atoms with Crippen molar-refractivity contribution in [3.05, 3.63) is 59.9 Å². The van der Waals surface area contributed by atoms with E-state index >= 15 is 0 Å². The predicted molar refractivity (Wildman–Crippen MR) is 112 cm³/mol. The lowest BCUT2D eigenvalue weighted by Crippen LogP contribution is -2.32. The number of thioether (sulfide) groups is 1. The van der Waals surface area contributed by atoms with Gasteiger partial charge in [-0.05, 0) is 43.7 Å². The fourth-order valence-electron chi connectivity index (χ4n) is 2.92. The summed E-state index contributed by atoms with van der Waals surface area (Å²) in [7, 11) is 1.72. The average molecular weight is 399 g/mol. The molecule has 0 radical (unpaired) electrons. The zero-order chi connectivity index (χ0) is 20.1. The van der Waals surface area contributed by atoms with Crippen molar-refractivity contribution >= 4 is 34.4 Å². The highest BCUT2D eigenvalue weighted by atomic mass is 32.2. The van der Waals surface area contributed by atoms with Gasteiger partial charge in [0.25, 0.3) is 0 Å². The second-order valence-electron chi connectivity index (χ2n) is 6.49. The van der Waals surface area contributed by atoms with Crippen LogP contribution in [0.25, 0.3) is 10.9 Å². The predicted octanol–water partition coefficient (Wildman–Crippen LogP) is 4.34. The maximum Gasteiger partial charge on any atom is 0.235 e. The van der Waals surface area contributed by atoms with E-state index in [0.717, 1.165) is 28.8 Å². The van der Waals surface area contributed by atoms with Gasteiger partial charge >= 0.3 is 0 Å². The first-order chi connectivity index (χ1) is 13.5. The Morgan fingerprint density at radius 3 is 2.75 bits per heavy atom. The van der Waals surface area contributed by atoms with Crippen molar-refractivity contribution in [2.45, 2.75) is 30.8 Å². The smallest absolute Gasteiger partial charge is 0.235 e. The number of rotatable bonds is 7. The van der Waals surface area contributed by atoms with E-state index in [0.29, 0.717) is 11.7 Å². The monoisotopic (exact) mass is 398 g/mol. The Labute approximate surface area is 168 Å². The van der Waals surface area contributed by atoms with Gasteiger partial charge in [0.15, 0.2) is 5.16 Å². The van der Waals surface area contributed by atoms with Crippen LogP contribution in [0.5, 0.6) is 0 Å². The molecule has 0 aliphatic carbocycles. The second-order valence-corrected chi connectivity index (χ2v) is 7.79. The number of para-hydroxylation sites is 1. The molecule has 0 saturated heterocycles. The van der Waals surface area contributed by atoms with E-state index in [-0.39, 0.29) is 17.0 Å². The Balaban J connectivity index is 1.74. The molecule has 0 unspecified atom stereocenters. The van der Waals surface area contributed by atoms with Crippen LogP contribution in [0.3, 0.4) is 0 Å². The maximum atomic E-state index is 13.4. The number of carbonyl (C=O) groups is 1. The summed E-state index contributed by atoms with van der Waals surface area (Å²) in [5.41, 5.74) is 1.59. The fraction of sp³-hybridized carbons (Fsp3) is 0.286. The molecule has 0 aliphatic heterocycles. The van der Waals surface area contributed by atoms with Crippen LogP contribution in [0.4, 0.5) is 10.2 Å². The van der Waals surface area contributed by atoms with E-state index in [1.807, 2.05) is 38.1 Å². The SMILES string of the molecule is CCNc1nc(S[C@@H](C)C(=O)N(C)Cc2cccc(F)c2)nc2ccccc12. The Morgan fingerprint density at radius 1 is 1.21 bits per heavy atom. The molecule has 3 rings (SSSR count). The standard InChI is InChI=1S/C21H23FN4OS/c1-4-23-19-17-10-5-6-11-18(17)24-21(25-19)28-14(2)20(27)26(3)13-15-8-7-9-16(22)12-15/h5-12,14H,4,13H2,1-3H3,(H,23,24,25)/t14-/m0/s1. The van der Waals surface area contributed by atoms with Crippen LogP contribution in [-0.2, 0) is 11.3 Å². The van der Waals surface area contributed by atoms with Crippen molar-refractivity contribution in [2.24, 2.45) is 0 Å².